The normalized spacial score (nSPS) is 22.6. The maximum absolute atomic E-state index is 13.3. The molecule has 0 saturated heterocycles. The zero-order chi connectivity index (χ0) is 10.7. The Hall–Kier alpha value is -0.600. The molecule has 0 radical (unpaired) electrons. The third-order valence-corrected chi connectivity index (χ3v) is 3.09. The quantitative estimate of drug-likeness (QED) is 0.834. The Morgan fingerprint density at radius 3 is 2.81 bits per heavy atom. The van der Waals surface area contributed by atoms with Gasteiger partial charge in [-0.05, 0) is 24.8 Å². The molecule has 1 N–H and O–H groups in total. The van der Waals surface area contributed by atoms with Crippen molar-refractivity contribution >= 4 is 12.4 Å². The van der Waals surface area contributed by atoms with E-state index in [4.69, 9.17) is 0 Å². The van der Waals surface area contributed by atoms with Gasteiger partial charge >= 0.3 is 0 Å². The summed E-state index contributed by atoms with van der Waals surface area (Å²) in [5, 5.41) is 3.41. The highest BCUT2D eigenvalue weighted by molar-refractivity contribution is 5.85. The zero-order valence-corrected chi connectivity index (χ0v) is 10.4. The second-order valence-corrected chi connectivity index (χ2v) is 4.36. The molecule has 0 amide bonds. The van der Waals surface area contributed by atoms with Crippen molar-refractivity contribution in [3.63, 3.8) is 0 Å². The maximum atomic E-state index is 13.3. The SMILES string of the molecule is CCCC1CC1NCc1ccccc1F.Cl. The van der Waals surface area contributed by atoms with Gasteiger partial charge in [-0.3, -0.25) is 0 Å². The Balaban J connectivity index is 0.00000128. The Morgan fingerprint density at radius 2 is 2.12 bits per heavy atom. The number of hydrogen-bond acceptors (Lipinski definition) is 1. The molecular formula is C13H19ClFN. The molecule has 1 saturated carbocycles. The summed E-state index contributed by atoms with van der Waals surface area (Å²) in [6.07, 6.45) is 3.82. The lowest BCUT2D eigenvalue weighted by atomic mass is 10.2. The van der Waals surface area contributed by atoms with E-state index in [0.29, 0.717) is 12.6 Å². The van der Waals surface area contributed by atoms with Crippen molar-refractivity contribution in [3.05, 3.63) is 35.6 Å². The Bertz CT molecular complexity index is 329. The van der Waals surface area contributed by atoms with E-state index in [9.17, 15) is 4.39 Å². The maximum Gasteiger partial charge on any atom is 0.127 e. The molecule has 2 atom stereocenters. The van der Waals surface area contributed by atoms with Crippen LogP contribution >= 0.6 is 12.4 Å². The molecule has 2 unspecified atom stereocenters. The Kier molecular flexibility index (Phi) is 5.23. The van der Waals surface area contributed by atoms with Crippen LogP contribution in [0.1, 0.15) is 31.7 Å². The largest absolute Gasteiger partial charge is 0.310 e. The fourth-order valence-electron chi connectivity index (χ4n) is 2.07. The van der Waals surface area contributed by atoms with E-state index in [1.165, 1.54) is 25.3 Å². The van der Waals surface area contributed by atoms with Crippen molar-refractivity contribution in [2.75, 3.05) is 0 Å². The van der Waals surface area contributed by atoms with Crippen LogP contribution in [0, 0.1) is 11.7 Å². The molecule has 0 aliphatic heterocycles. The van der Waals surface area contributed by atoms with E-state index in [-0.39, 0.29) is 18.2 Å². The van der Waals surface area contributed by atoms with Gasteiger partial charge in [0, 0.05) is 18.2 Å². The second-order valence-electron chi connectivity index (χ2n) is 4.36. The molecule has 1 nitrogen and oxygen atoms in total. The van der Waals surface area contributed by atoms with Crippen LogP contribution < -0.4 is 5.32 Å². The first-order chi connectivity index (χ1) is 7.31. The molecule has 1 aliphatic rings. The summed E-state index contributed by atoms with van der Waals surface area (Å²) in [5.74, 6) is 0.736. The minimum atomic E-state index is -0.0994. The summed E-state index contributed by atoms with van der Waals surface area (Å²) in [5.41, 5.74) is 0.777. The van der Waals surface area contributed by atoms with E-state index in [0.717, 1.165) is 11.5 Å². The van der Waals surface area contributed by atoms with Crippen LogP contribution in [0.25, 0.3) is 0 Å². The third-order valence-electron chi connectivity index (χ3n) is 3.09. The molecule has 3 heteroatoms. The summed E-state index contributed by atoms with van der Waals surface area (Å²) in [4.78, 5) is 0. The van der Waals surface area contributed by atoms with Crippen LogP contribution in [0.5, 0.6) is 0 Å². The minimum Gasteiger partial charge on any atom is -0.310 e. The van der Waals surface area contributed by atoms with Crippen molar-refractivity contribution in [3.8, 4) is 0 Å². The van der Waals surface area contributed by atoms with Gasteiger partial charge in [0.25, 0.3) is 0 Å². The number of hydrogen-bond donors (Lipinski definition) is 1. The van der Waals surface area contributed by atoms with Crippen molar-refractivity contribution in [1.82, 2.24) is 5.32 Å². The van der Waals surface area contributed by atoms with Gasteiger partial charge in [-0.1, -0.05) is 31.5 Å². The summed E-state index contributed by atoms with van der Waals surface area (Å²) >= 11 is 0. The zero-order valence-electron chi connectivity index (χ0n) is 9.58. The lowest BCUT2D eigenvalue weighted by molar-refractivity contribution is 0.565. The van der Waals surface area contributed by atoms with E-state index >= 15 is 0 Å². The van der Waals surface area contributed by atoms with Gasteiger partial charge < -0.3 is 5.32 Å². The summed E-state index contributed by atoms with van der Waals surface area (Å²) in [7, 11) is 0. The molecule has 0 spiro atoms. The van der Waals surface area contributed by atoms with Crippen LogP contribution in [0.3, 0.4) is 0 Å². The molecule has 16 heavy (non-hydrogen) atoms. The van der Waals surface area contributed by atoms with Gasteiger partial charge in [-0.25, -0.2) is 4.39 Å². The minimum absolute atomic E-state index is 0. The average molecular weight is 244 g/mol. The van der Waals surface area contributed by atoms with Gasteiger partial charge in [-0.15, -0.1) is 12.4 Å². The molecule has 2 rings (SSSR count). The van der Waals surface area contributed by atoms with E-state index in [2.05, 4.69) is 12.2 Å². The average Bonchev–Trinajstić information content (AvgIpc) is 2.96. The monoisotopic (exact) mass is 243 g/mol. The molecule has 1 aromatic carbocycles. The van der Waals surface area contributed by atoms with Crippen molar-refractivity contribution in [1.29, 1.82) is 0 Å². The summed E-state index contributed by atoms with van der Waals surface area (Å²) in [6, 6.07) is 7.61. The van der Waals surface area contributed by atoms with Crippen molar-refractivity contribution < 1.29 is 4.39 Å². The lowest BCUT2D eigenvalue weighted by Crippen LogP contribution is -2.18. The number of nitrogens with one attached hydrogen (secondary N) is 1. The number of halogens is 2. The Morgan fingerprint density at radius 1 is 1.38 bits per heavy atom. The van der Waals surface area contributed by atoms with Gasteiger partial charge in [0.05, 0.1) is 0 Å². The smallest absolute Gasteiger partial charge is 0.127 e. The fourth-order valence-corrected chi connectivity index (χ4v) is 2.07. The van der Waals surface area contributed by atoms with Crippen LogP contribution in [0.15, 0.2) is 24.3 Å². The molecule has 90 valence electrons. The van der Waals surface area contributed by atoms with Crippen LogP contribution in [-0.4, -0.2) is 6.04 Å². The molecule has 1 aromatic rings. The first-order valence-corrected chi connectivity index (χ1v) is 5.78. The molecular weight excluding hydrogens is 225 g/mol. The van der Waals surface area contributed by atoms with Crippen LogP contribution in [0.2, 0.25) is 0 Å². The summed E-state index contributed by atoms with van der Waals surface area (Å²) < 4.78 is 13.3. The van der Waals surface area contributed by atoms with Crippen molar-refractivity contribution in [2.24, 2.45) is 5.92 Å². The third kappa shape index (κ3) is 3.46. The fraction of sp³-hybridized carbons (Fsp3) is 0.538. The van der Waals surface area contributed by atoms with Gasteiger partial charge in [-0.2, -0.15) is 0 Å². The van der Waals surface area contributed by atoms with E-state index in [1.807, 2.05) is 12.1 Å². The van der Waals surface area contributed by atoms with Crippen LogP contribution in [-0.2, 0) is 6.54 Å². The highest BCUT2D eigenvalue weighted by Gasteiger charge is 2.35. The molecule has 0 aromatic heterocycles. The highest BCUT2D eigenvalue weighted by atomic mass is 35.5. The highest BCUT2D eigenvalue weighted by Crippen LogP contribution is 2.34. The van der Waals surface area contributed by atoms with Crippen molar-refractivity contribution in [2.45, 2.75) is 38.8 Å². The first-order valence-electron chi connectivity index (χ1n) is 5.78. The second kappa shape index (κ2) is 6.21. The first kappa shape index (κ1) is 13.5. The summed E-state index contributed by atoms with van der Waals surface area (Å²) in [6.45, 7) is 2.88. The number of rotatable bonds is 5. The molecule has 0 bridgehead atoms. The predicted molar refractivity (Wildman–Crippen MR) is 67.3 cm³/mol. The molecule has 1 fully saturated rings. The number of benzene rings is 1. The lowest BCUT2D eigenvalue weighted by Gasteiger charge is -2.04. The Labute approximate surface area is 103 Å². The molecule has 0 heterocycles. The van der Waals surface area contributed by atoms with E-state index < -0.39 is 0 Å². The van der Waals surface area contributed by atoms with E-state index in [1.54, 1.807) is 6.07 Å². The van der Waals surface area contributed by atoms with Gasteiger partial charge in [0.1, 0.15) is 5.82 Å². The standard InChI is InChI=1S/C13H18FN.ClH/c1-2-5-10-8-13(10)15-9-11-6-3-4-7-12(11)14;/h3-4,6-7,10,13,15H,2,5,8-9H2,1H3;1H. The van der Waals surface area contributed by atoms with Gasteiger partial charge in [0.2, 0.25) is 0 Å². The topological polar surface area (TPSA) is 12.0 Å². The molecule has 1 aliphatic carbocycles. The predicted octanol–water partition coefficient (Wildman–Crippen LogP) is 3.53. The van der Waals surface area contributed by atoms with Crippen LogP contribution in [0.4, 0.5) is 4.39 Å². The van der Waals surface area contributed by atoms with Gasteiger partial charge in [0.15, 0.2) is 0 Å².